The second kappa shape index (κ2) is 10.8. The first kappa shape index (κ1) is 23.2. The Morgan fingerprint density at radius 1 is 1.12 bits per heavy atom. The van der Waals surface area contributed by atoms with E-state index in [1.54, 1.807) is 12.4 Å². The fraction of sp³-hybridized carbons (Fsp3) is 0.385. The highest BCUT2D eigenvalue weighted by atomic mass is 32.2. The normalized spacial score (nSPS) is 14.6. The van der Waals surface area contributed by atoms with Gasteiger partial charge >= 0.3 is 0 Å². The van der Waals surface area contributed by atoms with Crippen molar-refractivity contribution in [2.45, 2.75) is 63.3 Å². The van der Waals surface area contributed by atoms with Crippen LogP contribution in [-0.4, -0.2) is 37.5 Å². The van der Waals surface area contributed by atoms with Crippen molar-refractivity contribution in [1.82, 2.24) is 25.1 Å². The predicted octanol–water partition coefficient (Wildman–Crippen LogP) is 5.43. The number of aryl methyl sites for hydroxylation is 2. The molecular formula is C26H31N5OS. The molecule has 33 heavy (non-hydrogen) atoms. The van der Waals surface area contributed by atoms with Crippen molar-refractivity contribution in [2.24, 2.45) is 0 Å². The molecule has 0 radical (unpaired) electrons. The molecule has 1 atom stereocenters. The Balaban J connectivity index is 1.53. The van der Waals surface area contributed by atoms with Crippen LogP contribution in [0.2, 0.25) is 0 Å². The molecule has 1 unspecified atom stereocenters. The Morgan fingerprint density at radius 2 is 1.94 bits per heavy atom. The van der Waals surface area contributed by atoms with Crippen molar-refractivity contribution >= 4 is 17.7 Å². The molecule has 1 aliphatic carbocycles. The standard InChI is InChI=1S/C26H31N5OS/c1-18-9-10-23(17-19(18)2)31-24(22-12-14-27-15-13-22)29-30-26(31)33-20(3)25(32)28-16-11-21-7-5-4-6-8-21/h7,9-10,12-15,17,20H,4-6,8,11,16H2,1-3H3,(H,28,32). The number of allylic oxidation sites excluding steroid dienone is 1. The smallest absolute Gasteiger partial charge is 0.233 e. The third kappa shape index (κ3) is 5.71. The number of hydrogen-bond donors (Lipinski definition) is 1. The molecular weight excluding hydrogens is 430 g/mol. The van der Waals surface area contributed by atoms with Crippen LogP contribution in [0.5, 0.6) is 0 Å². The van der Waals surface area contributed by atoms with Crippen LogP contribution in [0, 0.1) is 13.8 Å². The summed E-state index contributed by atoms with van der Waals surface area (Å²) in [7, 11) is 0. The van der Waals surface area contributed by atoms with Gasteiger partial charge in [0.1, 0.15) is 0 Å². The molecule has 0 aliphatic heterocycles. The number of nitrogens with one attached hydrogen (secondary N) is 1. The van der Waals surface area contributed by atoms with Gasteiger partial charge in [0, 0.05) is 24.5 Å². The maximum absolute atomic E-state index is 12.8. The van der Waals surface area contributed by atoms with Crippen molar-refractivity contribution in [3.8, 4) is 17.1 Å². The van der Waals surface area contributed by atoms with Gasteiger partial charge in [-0.2, -0.15) is 0 Å². The topological polar surface area (TPSA) is 72.7 Å². The number of carbonyl (C=O) groups is 1. The first-order valence-electron chi connectivity index (χ1n) is 11.6. The number of hydrogen-bond acceptors (Lipinski definition) is 5. The van der Waals surface area contributed by atoms with Crippen molar-refractivity contribution in [3.63, 3.8) is 0 Å². The molecule has 0 saturated carbocycles. The number of benzene rings is 1. The Hall–Kier alpha value is -2.93. The quantitative estimate of drug-likeness (QED) is 0.357. The van der Waals surface area contributed by atoms with E-state index in [0.717, 1.165) is 29.9 Å². The average Bonchev–Trinajstić information content (AvgIpc) is 3.25. The van der Waals surface area contributed by atoms with Crippen molar-refractivity contribution in [2.75, 3.05) is 6.54 Å². The van der Waals surface area contributed by atoms with E-state index in [1.165, 1.54) is 47.7 Å². The molecule has 2 aromatic heterocycles. The van der Waals surface area contributed by atoms with Crippen LogP contribution in [0.3, 0.4) is 0 Å². The maximum atomic E-state index is 12.8. The average molecular weight is 462 g/mol. The molecule has 2 heterocycles. The van der Waals surface area contributed by atoms with Gasteiger partial charge in [0.25, 0.3) is 0 Å². The minimum absolute atomic E-state index is 0.0245. The Labute approximate surface area is 199 Å². The van der Waals surface area contributed by atoms with Crippen molar-refractivity contribution in [1.29, 1.82) is 0 Å². The zero-order chi connectivity index (χ0) is 23.2. The first-order chi connectivity index (χ1) is 16.0. The van der Waals surface area contributed by atoms with E-state index in [9.17, 15) is 4.79 Å². The fourth-order valence-corrected chi connectivity index (χ4v) is 4.86. The van der Waals surface area contributed by atoms with E-state index in [-0.39, 0.29) is 11.2 Å². The lowest BCUT2D eigenvalue weighted by Crippen LogP contribution is -2.32. The Morgan fingerprint density at radius 3 is 2.67 bits per heavy atom. The highest BCUT2D eigenvalue weighted by molar-refractivity contribution is 8.00. The van der Waals surface area contributed by atoms with Crippen molar-refractivity contribution < 1.29 is 4.79 Å². The monoisotopic (exact) mass is 461 g/mol. The molecule has 0 bridgehead atoms. The highest BCUT2D eigenvalue weighted by Gasteiger charge is 2.22. The van der Waals surface area contributed by atoms with Crippen LogP contribution in [0.15, 0.2) is 59.5 Å². The summed E-state index contributed by atoms with van der Waals surface area (Å²) >= 11 is 1.43. The van der Waals surface area contributed by atoms with Gasteiger partial charge in [-0.1, -0.05) is 29.5 Å². The van der Waals surface area contributed by atoms with Gasteiger partial charge in [-0.3, -0.25) is 14.3 Å². The van der Waals surface area contributed by atoms with Gasteiger partial charge in [0.15, 0.2) is 11.0 Å². The van der Waals surface area contributed by atoms with E-state index in [0.29, 0.717) is 11.7 Å². The van der Waals surface area contributed by atoms with E-state index in [1.807, 2.05) is 23.6 Å². The minimum atomic E-state index is -0.287. The number of nitrogens with zero attached hydrogens (tertiary/aromatic N) is 4. The molecule has 0 fully saturated rings. The molecule has 3 aromatic rings. The van der Waals surface area contributed by atoms with Gasteiger partial charge in [-0.05, 0) is 88.3 Å². The molecule has 4 rings (SSSR count). The zero-order valence-corrected chi connectivity index (χ0v) is 20.4. The van der Waals surface area contributed by atoms with E-state index >= 15 is 0 Å². The lowest BCUT2D eigenvalue weighted by molar-refractivity contribution is -0.120. The summed E-state index contributed by atoms with van der Waals surface area (Å²) in [4.78, 5) is 16.9. The fourth-order valence-electron chi connectivity index (χ4n) is 3.97. The van der Waals surface area contributed by atoms with Crippen LogP contribution in [0.25, 0.3) is 17.1 Å². The highest BCUT2D eigenvalue weighted by Crippen LogP contribution is 2.30. The third-order valence-electron chi connectivity index (χ3n) is 6.10. The van der Waals surface area contributed by atoms with Crippen LogP contribution in [-0.2, 0) is 4.79 Å². The van der Waals surface area contributed by atoms with Crippen molar-refractivity contribution in [3.05, 3.63) is 65.5 Å². The summed E-state index contributed by atoms with van der Waals surface area (Å²) in [5.74, 6) is 0.761. The van der Waals surface area contributed by atoms with Gasteiger partial charge in [0.2, 0.25) is 5.91 Å². The Kier molecular flexibility index (Phi) is 7.60. The molecule has 6 nitrogen and oxygen atoms in total. The summed E-state index contributed by atoms with van der Waals surface area (Å²) in [5.41, 5.74) is 5.81. The second-order valence-corrected chi connectivity index (χ2v) is 9.86. The molecule has 7 heteroatoms. The molecule has 172 valence electrons. The molecule has 1 aliphatic rings. The van der Waals surface area contributed by atoms with E-state index in [2.05, 4.69) is 58.6 Å². The number of amides is 1. The number of rotatable bonds is 8. The number of thioether (sulfide) groups is 1. The van der Waals surface area contributed by atoms with Gasteiger partial charge in [-0.15, -0.1) is 10.2 Å². The molecule has 0 saturated heterocycles. The second-order valence-electron chi connectivity index (χ2n) is 8.56. The number of carbonyl (C=O) groups excluding carboxylic acids is 1. The Bertz CT molecular complexity index is 1140. The van der Waals surface area contributed by atoms with Crippen LogP contribution < -0.4 is 5.32 Å². The van der Waals surface area contributed by atoms with Gasteiger partial charge in [-0.25, -0.2) is 0 Å². The van der Waals surface area contributed by atoms with E-state index < -0.39 is 0 Å². The van der Waals surface area contributed by atoms with Crippen LogP contribution in [0.1, 0.15) is 50.2 Å². The zero-order valence-electron chi connectivity index (χ0n) is 19.5. The summed E-state index contributed by atoms with van der Waals surface area (Å²) in [5, 5.41) is 12.4. The summed E-state index contributed by atoms with van der Waals surface area (Å²) < 4.78 is 2.03. The molecule has 1 N–H and O–H groups in total. The van der Waals surface area contributed by atoms with Crippen LogP contribution >= 0.6 is 11.8 Å². The molecule has 1 aromatic carbocycles. The predicted molar refractivity (Wildman–Crippen MR) is 134 cm³/mol. The molecule has 1 amide bonds. The third-order valence-corrected chi connectivity index (χ3v) is 7.15. The molecule has 0 spiro atoms. The lowest BCUT2D eigenvalue weighted by atomic mass is 9.97. The first-order valence-corrected chi connectivity index (χ1v) is 12.5. The van der Waals surface area contributed by atoms with Gasteiger partial charge in [0.05, 0.1) is 10.9 Å². The SMILES string of the molecule is Cc1ccc(-n2c(SC(C)C(=O)NCCC3=CCCCC3)nnc2-c2ccncc2)cc1C. The summed E-state index contributed by atoms with van der Waals surface area (Å²) in [6.07, 6.45) is 11.7. The van der Waals surface area contributed by atoms with E-state index in [4.69, 9.17) is 0 Å². The number of aromatic nitrogens is 4. The largest absolute Gasteiger partial charge is 0.355 e. The number of pyridine rings is 1. The minimum Gasteiger partial charge on any atom is -0.355 e. The van der Waals surface area contributed by atoms with Gasteiger partial charge < -0.3 is 5.32 Å². The summed E-state index contributed by atoms with van der Waals surface area (Å²) in [6.45, 7) is 6.80. The lowest BCUT2D eigenvalue weighted by Gasteiger charge is -2.16. The maximum Gasteiger partial charge on any atom is 0.233 e. The summed E-state index contributed by atoms with van der Waals surface area (Å²) in [6, 6.07) is 10.2. The van der Waals surface area contributed by atoms with Crippen LogP contribution in [0.4, 0.5) is 0 Å².